The summed E-state index contributed by atoms with van der Waals surface area (Å²) < 4.78 is 26.6. The number of nitrogens with one attached hydrogen (secondary N) is 1. The number of urea groups is 1. The highest BCUT2D eigenvalue weighted by Gasteiger charge is 2.27. The highest BCUT2D eigenvalue weighted by Crippen LogP contribution is 2.22. The lowest BCUT2D eigenvalue weighted by molar-refractivity contribution is 0.152. The van der Waals surface area contributed by atoms with Crippen molar-refractivity contribution in [3.63, 3.8) is 0 Å². The zero-order chi connectivity index (χ0) is 16.1. The number of piperidine rings is 1. The molecule has 1 atom stereocenters. The third kappa shape index (κ3) is 4.40. The third-order valence-corrected chi connectivity index (χ3v) is 3.97. The molecular formula is C16H23F2N3O. The van der Waals surface area contributed by atoms with Crippen LogP contribution < -0.4 is 5.32 Å². The van der Waals surface area contributed by atoms with Crippen LogP contribution in [-0.2, 0) is 0 Å². The Morgan fingerprint density at radius 1 is 1.36 bits per heavy atom. The van der Waals surface area contributed by atoms with Gasteiger partial charge in [0, 0.05) is 18.7 Å². The molecule has 22 heavy (non-hydrogen) atoms. The maximum absolute atomic E-state index is 13.6. The van der Waals surface area contributed by atoms with Crippen molar-refractivity contribution < 1.29 is 13.6 Å². The number of anilines is 1. The molecule has 1 fully saturated rings. The Bertz CT molecular complexity index is 522. The number of carbonyl (C=O) groups excluding carboxylic acids is 1. The molecular weight excluding hydrogens is 288 g/mol. The van der Waals surface area contributed by atoms with Crippen LogP contribution in [0, 0.1) is 11.6 Å². The van der Waals surface area contributed by atoms with Gasteiger partial charge in [-0.05, 0) is 58.5 Å². The fourth-order valence-corrected chi connectivity index (χ4v) is 2.75. The number of hydrogen-bond acceptors (Lipinski definition) is 2. The Morgan fingerprint density at radius 3 is 2.82 bits per heavy atom. The average Bonchev–Trinajstić information content (AvgIpc) is 2.48. The summed E-state index contributed by atoms with van der Waals surface area (Å²) in [5, 5.41) is 2.56. The summed E-state index contributed by atoms with van der Waals surface area (Å²) >= 11 is 0. The number of rotatable bonds is 4. The van der Waals surface area contributed by atoms with E-state index in [1.165, 1.54) is 6.07 Å². The van der Waals surface area contributed by atoms with Crippen LogP contribution >= 0.6 is 0 Å². The molecule has 0 spiro atoms. The van der Waals surface area contributed by atoms with Gasteiger partial charge in [0.25, 0.3) is 0 Å². The smallest absolute Gasteiger partial charge is 0.322 e. The Kier molecular flexibility index (Phi) is 5.71. The molecule has 1 aromatic carbocycles. The van der Waals surface area contributed by atoms with Crippen molar-refractivity contribution in [3.05, 3.63) is 29.8 Å². The zero-order valence-corrected chi connectivity index (χ0v) is 13.1. The maximum atomic E-state index is 13.6. The van der Waals surface area contributed by atoms with Crippen molar-refractivity contribution >= 4 is 11.7 Å². The van der Waals surface area contributed by atoms with Gasteiger partial charge in [-0.2, -0.15) is 0 Å². The molecule has 1 aliphatic rings. The lowest BCUT2D eigenvalue weighted by atomic mass is 9.99. The normalized spacial score (nSPS) is 18.6. The monoisotopic (exact) mass is 311 g/mol. The number of amides is 2. The van der Waals surface area contributed by atoms with Crippen LogP contribution in [0.4, 0.5) is 19.3 Å². The van der Waals surface area contributed by atoms with Crippen molar-refractivity contribution in [2.75, 3.05) is 32.5 Å². The summed E-state index contributed by atoms with van der Waals surface area (Å²) in [6.45, 7) is 1.58. The summed E-state index contributed by atoms with van der Waals surface area (Å²) in [4.78, 5) is 16.3. The second-order valence-corrected chi connectivity index (χ2v) is 5.99. The lowest BCUT2D eigenvalue weighted by Crippen LogP contribution is -2.47. The molecule has 6 heteroatoms. The predicted molar refractivity (Wildman–Crippen MR) is 82.9 cm³/mol. The summed E-state index contributed by atoms with van der Waals surface area (Å²) in [5.74, 6) is -1.41. The van der Waals surface area contributed by atoms with Gasteiger partial charge in [-0.1, -0.05) is 0 Å². The van der Waals surface area contributed by atoms with E-state index >= 15 is 0 Å². The first-order valence-corrected chi connectivity index (χ1v) is 7.65. The van der Waals surface area contributed by atoms with Gasteiger partial charge in [-0.25, -0.2) is 13.6 Å². The highest BCUT2D eigenvalue weighted by atomic mass is 19.1. The van der Waals surface area contributed by atoms with Crippen molar-refractivity contribution in [1.82, 2.24) is 9.80 Å². The van der Waals surface area contributed by atoms with Gasteiger partial charge in [0.05, 0.1) is 5.69 Å². The molecule has 1 unspecified atom stereocenters. The Labute approximate surface area is 130 Å². The van der Waals surface area contributed by atoms with E-state index in [1.807, 2.05) is 14.1 Å². The van der Waals surface area contributed by atoms with Crippen LogP contribution in [-0.4, -0.2) is 49.1 Å². The molecule has 4 nitrogen and oxygen atoms in total. The molecule has 1 saturated heterocycles. The number of benzene rings is 1. The standard InChI is InChI=1S/C16H23F2N3O/c1-20(2)10-8-13-5-3-4-9-21(13)16(22)19-15-7-6-12(17)11-14(15)18/h6-7,11,13H,3-5,8-10H2,1-2H3,(H,19,22). The molecule has 2 rings (SSSR count). The molecule has 122 valence electrons. The maximum Gasteiger partial charge on any atom is 0.322 e. The van der Waals surface area contributed by atoms with Crippen molar-refractivity contribution in [1.29, 1.82) is 0 Å². The quantitative estimate of drug-likeness (QED) is 0.926. The van der Waals surface area contributed by atoms with Gasteiger partial charge in [-0.3, -0.25) is 0 Å². The molecule has 1 N–H and O–H groups in total. The van der Waals surface area contributed by atoms with Crippen LogP contribution in [0.1, 0.15) is 25.7 Å². The number of halogens is 2. The Morgan fingerprint density at radius 2 is 2.14 bits per heavy atom. The number of carbonyl (C=O) groups is 1. The molecule has 1 aromatic rings. The van der Waals surface area contributed by atoms with Crippen LogP contribution in [0.15, 0.2) is 18.2 Å². The molecule has 0 radical (unpaired) electrons. The number of hydrogen-bond donors (Lipinski definition) is 1. The van der Waals surface area contributed by atoms with E-state index in [9.17, 15) is 13.6 Å². The Balaban J connectivity index is 2.02. The lowest BCUT2D eigenvalue weighted by Gasteiger charge is -2.36. The SMILES string of the molecule is CN(C)CCC1CCCCN1C(=O)Nc1ccc(F)cc1F. The molecule has 1 aliphatic heterocycles. The minimum Gasteiger partial charge on any atom is -0.322 e. The van der Waals surface area contributed by atoms with E-state index in [4.69, 9.17) is 0 Å². The van der Waals surface area contributed by atoms with E-state index in [-0.39, 0.29) is 17.8 Å². The van der Waals surface area contributed by atoms with E-state index < -0.39 is 11.6 Å². The van der Waals surface area contributed by atoms with Gasteiger partial charge in [-0.15, -0.1) is 0 Å². The van der Waals surface area contributed by atoms with Gasteiger partial charge in [0.1, 0.15) is 11.6 Å². The average molecular weight is 311 g/mol. The second kappa shape index (κ2) is 7.54. The first-order chi connectivity index (χ1) is 10.5. The number of likely N-dealkylation sites (tertiary alicyclic amines) is 1. The summed E-state index contributed by atoms with van der Waals surface area (Å²) in [5.41, 5.74) is 0.0170. The van der Waals surface area contributed by atoms with E-state index in [0.717, 1.165) is 44.4 Å². The van der Waals surface area contributed by atoms with E-state index in [0.29, 0.717) is 6.54 Å². The summed E-state index contributed by atoms with van der Waals surface area (Å²) in [6.07, 6.45) is 3.92. The second-order valence-electron chi connectivity index (χ2n) is 5.99. The summed E-state index contributed by atoms with van der Waals surface area (Å²) in [7, 11) is 4.00. The topological polar surface area (TPSA) is 35.6 Å². The molecule has 0 bridgehead atoms. The predicted octanol–water partition coefficient (Wildman–Crippen LogP) is 3.30. The van der Waals surface area contributed by atoms with Gasteiger partial charge in [0.15, 0.2) is 0 Å². The largest absolute Gasteiger partial charge is 0.322 e. The van der Waals surface area contributed by atoms with Gasteiger partial charge >= 0.3 is 6.03 Å². The van der Waals surface area contributed by atoms with E-state index in [2.05, 4.69) is 10.2 Å². The Hall–Kier alpha value is -1.69. The van der Waals surface area contributed by atoms with Crippen molar-refractivity contribution in [3.8, 4) is 0 Å². The first-order valence-electron chi connectivity index (χ1n) is 7.65. The molecule has 0 aliphatic carbocycles. The van der Waals surface area contributed by atoms with E-state index in [1.54, 1.807) is 4.90 Å². The molecule has 0 saturated carbocycles. The van der Waals surface area contributed by atoms with Crippen LogP contribution in [0.25, 0.3) is 0 Å². The van der Waals surface area contributed by atoms with Crippen LogP contribution in [0.5, 0.6) is 0 Å². The molecule has 0 aromatic heterocycles. The number of nitrogens with zero attached hydrogens (tertiary/aromatic N) is 2. The summed E-state index contributed by atoms with van der Waals surface area (Å²) in [6, 6.07) is 3.02. The molecule has 1 heterocycles. The van der Waals surface area contributed by atoms with Crippen LogP contribution in [0.2, 0.25) is 0 Å². The first kappa shape index (κ1) is 16.7. The minimum absolute atomic E-state index is 0.0170. The van der Waals surface area contributed by atoms with Crippen molar-refractivity contribution in [2.24, 2.45) is 0 Å². The van der Waals surface area contributed by atoms with Gasteiger partial charge < -0.3 is 15.1 Å². The zero-order valence-electron chi connectivity index (χ0n) is 13.1. The fourth-order valence-electron chi connectivity index (χ4n) is 2.75. The van der Waals surface area contributed by atoms with Crippen LogP contribution in [0.3, 0.4) is 0 Å². The highest BCUT2D eigenvalue weighted by molar-refractivity contribution is 5.89. The molecule has 2 amide bonds. The minimum atomic E-state index is -0.754. The van der Waals surface area contributed by atoms with Gasteiger partial charge in [0.2, 0.25) is 0 Å². The fraction of sp³-hybridized carbons (Fsp3) is 0.562. The third-order valence-electron chi connectivity index (χ3n) is 3.97. The van der Waals surface area contributed by atoms with Crippen molar-refractivity contribution in [2.45, 2.75) is 31.7 Å².